The highest BCUT2D eigenvalue weighted by Gasteiger charge is 2.35. The van der Waals surface area contributed by atoms with E-state index in [2.05, 4.69) is 4.98 Å². The van der Waals surface area contributed by atoms with E-state index < -0.39 is 17.6 Å². The van der Waals surface area contributed by atoms with Crippen molar-refractivity contribution in [2.45, 2.75) is 25.1 Å². The van der Waals surface area contributed by atoms with Crippen molar-refractivity contribution >= 4 is 32.6 Å². The number of carbonyl (C=O) groups is 1. The van der Waals surface area contributed by atoms with Gasteiger partial charge in [0, 0.05) is 6.61 Å². The van der Waals surface area contributed by atoms with E-state index in [4.69, 9.17) is 9.15 Å². The maximum Gasteiger partial charge on any atom is 0.418 e. The molecule has 0 radical (unpaired) electrons. The Morgan fingerprint density at radius 1 is 1.30 bits per heavy atom. The highest BCUT2D eigenvalue weighted by molar-refractivity contribution is 7.22. The van der Waals surface area contributed by atoms with Crippen molar-refractivity contribution in [2.75, 3.05) is 18.1 Å². The topological polar surface area (TPSA) is 55.6 Å². The molecule has 0 bridgehead atoms. The number of amides is 1. The van der Waals surface area contributed by atoms with Gasteiger partial charge in [0.1, 0.15) is 0 Å². The summed E-state index contributed by atoms with van der Waals surface area (Å²) in [5.74, 6) is -0.355. The molecule has 0 aliphatic carbocycles. The van der Waals surface area contributed by atoms with E-state index >= 15 is 0 Å². The highest BCUT2D eigenvalue weighted by Crippen LogP contribution is 2.39. The maximum atomic E-state index is 13.3. The molecule has 1 aliphatic heterocycles. The van der Waals surface area contributed by atoms with Crippen LogP contribution in [0, 0.1) is 0 Å². The minimum Gasteiger partial charge on any atom is -0.459 e. The van der Waals surface area contributed by atoms with Crippen molar-refractivity contribution in [3.8, 4) is 0 Å². The van der Waals surface area contributed by atoms with Crippen LogP contribution < -0.4 is 4.90 Å². The molecular formula is C18H15F3N2O3S. The summed E-state index contributed by atoms with van der Waals surface area (Å²) in [5.41, 5.74) is -0.973. The Labute approximate surface area is 156 Å². The molecule has 142 valence electrons. The summed E-state index contributed by atoms with van der Waals surface area (Å²) in [5, 5.41) is 0.193. The van der Waals surface area contributed by atoms with Gasteiger partial charge in [0.05, 0.1) is 34.7 Å². The lowest BCUT2D eigenvalue weighted by Crippen LogP contribution is -2.37. The van der Waals surface area contributed by atoms with Gasteiger partial charge in [-0.1, -0.05) is 17.4 Å². The lowest BCUT2D eigenvalue weighted by Gasteiger charge is -2.22. The van der Waals surface area contributed by atoms with Gasteiger partial charge in [-0.3, -0.25) is 9.69 Å². The van der Waals surface area contributed by atoms with Crippen molar-refractivity contribution in [3.63, 3.8) is 0 Å². The fraction of sp³-hybridized carbons (Fsp3) is 0.333. The molecule has 0 unspecified atom stereocenters. The molecule has 1 aliphatic rings. The third-order valence-electron chi connectivity index (χ3n) is 4.33. The van der Waals surface area contributed by atoms with Gasteiger partial charge >= 0.3 is 6.18 Å². The van der Waals surface area contributed by atoms with Gasteiger partial charge in [0.2, 0.25) is 0 Å². The van der Waals surface area contributed by atoms with Crippen LogP contribution in [-0.4, -0.2) is 30.1 Å². The van der Waals surface area contributed by atoms with Crippen molar-refractivity contribution in [1.29, 1.82) is 0 Å². The molecule has 4 rings (SSSR count). The van der Waals surface area contributed by atoms with Crippen LogP contribution in [0.25, 0.3) is 10.2 Å². The van der Waals surface area contributed by atoms with Gasteiger partial charge in [-0.25, -0.2) is 4.98 Å². The molecule has 3 heterocycles. The minimum absolute atomic E-state index is 0.100. The molecule has 2 aromatic heterocycles. The van der Waals surface area contributed by atoms with Crippen LogP contribution in [0.3, 0.4) is 0 Å². The average Bonchev–Trinajstić information content (AvgIpc) is 3.38. The van der Waals surface area contributed by atoms with Gasteiger partial charge < -0.3 is 9.15 Å². The smallest absolute Gasteiger partial charge is 0.418 e. The zero-order valence-electron chi connectivity index (χ0n) is 14.0. The van der Waals surface area contributed by atoms with E-state index in [0.29, 0.717) is 11.3 Å². The number of halogens is 3. The molecule has 0 saturated carbocycles. The van der Waals surface area contributed by atoms with E-state index in [1.165, 1.54) is 23.3 Å². The molecule has 9 heteroatoms. The zero-order valence-corrected chi connectivity index (χ0v) is 14.8. The number of thiazole rings is 1. The number of hydrogen-bond acceptors (Lipinski definition) is 5. The summed E-state index contributed by atoms with van der Waals surface area (Å²) in [4.78, 5) is 18.4. The Kier molecular flexibility index (Phi) is 4.65. The molecule has 5 nitrogen and oxygen atoms in total. The van der Waals surface area contributed by atoms with E-state index in [-0.39, 0.29) is 29.1 Å². The molecule has 1 atom stereocenters. The Hall–Kier alpha value is -2.39. The van der Waals surface area contributed by atoms with Crippen molar-refractivity contribution in [1.82, 2.24) is 4.98 Å². The van der Waals surface area contributed by atoms with Crippen LogP contribution in [0.2, 0.25) is 0 Å². The molecule has 27 heavy (non-hydrogen) atoms. The van der Waals surface area contributed by atoms with Crippen molar-refractivity contribution in [2.24, 2.45) is 0 Å². The lowest BCUT2D eigenvalue weighted by molar-refractivity contribution is -0.136. The van der Waals surface area contributed by atoms with Crippen LogP contribution in [0.1, 0.15) is 29.0 Å². The van der Waals surface area contributed by atoms with Crippen LogP contribution in [0.5, 0.6) is 0 Å². The van der Waals surface area contributed by atoms with Crippen molar-refractivity contribution < 1.29 is 27.1 Å². The summed E-state index contributed by atoms with van der Waals surface area (Å²) in [6.07, 6.45) is -1.67. The predicted octanol–water partition coefficient (Wildman–Crippen LogP) is 4.73. The fourth-order valence-electron chi connectivity index (χ4n) is 3.05. The minimum atomic E-state index is -4.52. The summed E-state index contributed by atoms with van der Waals surface area (Å²) >= 11 is 1.04. The summed E-state index contributed by atoms with van der Waals surface area (Å²) in [6.45, 7) is 0.812. The third kappa shape index (κ3) is 3.57. The molecule has 0 N–H and O–H groups in total. The van der Waals surface area contributed by atoms with E-state index in [1.54, 1.807) is 12.1 Å². The molecule has 1 aromatic carbocycles. The Morgan fingerprint density at radius 2 is 2.15 bits per heavy atom. The molecule has 3 aromatic rings. The number of nitrogens with zero attached hydrogens (tertiary/aromatic N) is 2. The third-order valence-corrected chi connectivity index (χ3v) is 5.37. The van der Waals surface area contributed by atoms with E-state index in [0.717, 1.165) is 30.2 Å². The lowest BCUT2D eigenvalue weighted by atomic mass is 10.2. The Bertz CT molecular complexity index is 947. The predicted molar refractivity (Wildman–Crippen MR) is 94.0 cm³/mol. The Balaban J connectivity index is 1.76. The van der Waals surface area contributed by atoms with Crippen molar-refractivity contribution in [3.05, 3.63) is 47.9 Å². The second-order valence-corrected chi connectivity index (χ2v) is 7.18. The number of ether oxygens (including phenoxy) is 1. The summed E-state index contributed by atoms with van der Waals surface area (Å²) in [7, 11) is 0. The molecule has 0 spiro atoms. The molecule has 1 amide bonds. The number of anilines is 1. The number of furan rings is 1. The monoisotopic (exact) mass is 396 g/mol. The number of aromatic nitrogens is 1. The first kappa shape index (κ1) is 18.0. The van der Waals surface area contributed by atoms with E-state index in [1.807, 2.05) is 0 Å². The average molecular weight is 396 g/mol. The first-order valence-corrected chi connectivity index (χ1v) is 9.19. The molecule has 1 fully saturated rings. The van der Waals surface area contributed by atoms with Gasteiger partial charge in [-0.05, 0) is 37.1 Å². The number of para-hydroxylation sites is 1. The number of rotatable bonds is 4. The van der Waals surface area contributed by atoms with Gasteiger partial charge in [-0.2, -0.15) is 13.2 Å². The van der Waals surface area contributed by atoms with E-state index in [9.17, 15) is 18.0 Å². The molecule has 1 saturated heterocycles. The summed E-state index contributed by atoms with van der Waals surface area (Å²) < 4.78 is 51.0. The second kappa shape index (κ2) is 6.97. The normalized spacial score (nSPS) is 17.5. The largest absolute Gasteiger partial charge is 0.459 e. The van der Waals surface area contributed by atoms with Gasteiger partial charge in [0.25, 0.3) is 5.91 Å². The van der Waals surface area contributed by atoms with Gasteiger partial charge in [0.15, 0.2) is 10.9 Å². The quantitative estimate of drug-likeness (QED) is 0.640. The second-order valence-electron chi connectivity index (χ2n) is 6.17. The fourth-order valence-corrected chi connectivity index (χ4v) is 4.05. The molecular weight excluding hydrogens is 381 g/mol. The SMILES string of the molecule is O=C(c1ccco1)N(C[C@H]1CCCO1)c1nc2c(C(F)(F)F)cccc2s1. The highest BCUT2D eigenvalue weighted by atomic mass is 32.1. The number of fused-ring (bicyclic) bond motifs is 1. The number of carbonyl (C=O) groups excluding carboxylic acids is 1. The Morgan fingerprint density at radius 3 is 2.81 bits per heavy atom. The standard InChI is InChI=1S/C18H15F3N2O3S/c19-18(20,21)12-5-1-7-14-15(12)22-17(27-14)23(10-11-4-2-8-25-11)16(24)13-6-3-9-26-13/h1,3,5-7,9,11H,2,4,8,10H2/t11-/m1/s1. The number of benzene rings is 1. The zero-order chi connectivity index (χ0) is 19.0. The number of alkyl halides is 3. The van der Waals surface area contributed by atoms with Gasteiger partial charge in [-0.15, -0.1) is 0 Å². The van der Waals surface area contributed by atoms with Crippen LogP contribution in [0.15, 0.2) is 41.0 Å². The first-order valence-electron chi connectivity index (χ1n) is 8.37. The number of hydrogen-bond donors (Lipinski definition) is 0. The van der Waals surface area contributed by atoms with Crippen LogP contribution in [0.4, 0.5) is 18.3 Å². The first-order chi connectivity index (χ1) is 12.9. The summed E-state index contributed by atoms with van der Waals surface area (Å²) in [6, 6.07) is 6.99. The van der Waals surface area contributed by atoms with Crippen LogP contribution in [-0.2, 0) is 10.9 Å². The van der Waals surface area contributed by atoms with Crippen LogP contribution >= 0.6 is 11.3 Å². The maximum absolute atomic E-state index is 13.3.